The summed E-state index contributed by atoms with van der Waals surface area (Å²) in [7, 11) is 3.19. The van der Waals surface area contributed by atoms with Gasteiger partial charge in [-0.1, -0.05) is 83.1 Å². The zero-order valence-electron chi connectivity index (χ0n) is 64.2. The third kappa shape index (κ3) is 15.8. The number of aliphatic hydroxyl groups excluding tert-OH is 4. The van der Waals surface area contributed by atoms with E-state index in [0.717, 1.165) is 77.0 Å². The zero-order valence-corrected chi connectivity index (χ0v) is 64.2. The summed E-state index contributed by atoms with van der Waals surface area (Å²) in [6.45, 7) is 32.2. The Labute approximate surface area is 597 Å². The van der Waals surface area contributed by atoms with Gasteiger partial charge in [-0.15, -0.1) is 0 Å². The summed E-state index contributed by atoms with van der Waals surface area (Å²) in [5.41, 5.74) is -2.51. The molecule has 578 valence electrons. The SMILES string of the molecule is CC[C@]1([C@H]2O[C@H]([C@@H]3O[C@](O)(CO)[C@@H](C)C[C@H]3C)C[C@H]2C)CC[C@@H]([C@@]2(C)CC[C@@]3(C[C@@H](O)[C@H](C)[C@H]([C@H](C)[C@H](OC)[C@@H](C)C(=O)OCCCCCCOC(=O)[C@H](C)[C@@H](OC)[C@@H](C)[C@@H]4O[C@]5(CC[C@](C)([C@@H]6CC[C@](CC)([C@H]7O[C@H]([C@@H]8O[C@](O)(CO)[C@@H](C)C[C@H]8C)C[C@H]7C)O6)O5)C[C@@H](O)[C@@H]4C)O3)O2)O1. The second-order valence-electron chi connectivity index (χ2n) is 34.7. The minimum atomic E-state index is -1.60. The van der Waals surface area contributed by atoms with Gasteiger partial charge in [-0.05, 0) is 154 Å². The molecule has 22 heteroatoms. The summed E-state index contributed by atoms with van der Waals surface area (Å²) in [5, 5.41) is 66.0. The molecule has 0 unspecified atom stereocenters. The first-order chi connectivity index (χ1) is 47.1. The first-order valence-corrected chi connectivity index (χ1v) is 39.3. The minimum absolute atomic E-state index is 0.145. The summed E-state index contributed by atoms with van der Waals surface area (Å²) < 4.78 is 93.1. The molecule has 0 aromatic rings. The van der Waals surface area contributed by atoms with Crippen molar-refractivity contribution in [3.05, 3.63) is 0 Å². The van der Waals surface area contributed by atoms with Crippen LogP contribution in [0.5, 0.6) is 0 Å². The average Bonchev–Trinajstić information content (AvgIpc) is 1.57. The number of esters is 2. The van der Waals surface area contributed by atoms with Gasteiger partial charge in [0.1, 0.15) is 0 Å². The molecule has 0 amide bonds. The Morgan fingerprint density at radius 2 is 0.870 bits per heavy atom. The van der Waals surface area contributed by atoms with Crippen LogP contribution in [0.2, 0.25) is 0 Å². The van der Waals surface area contributed by atoms with E-state index >= 15 is 0 Å². The molecule has 2 spiro atoms. The average molecular weight is 1420 g/mol. The highest BCUT2D eigenvalue weighted by Gasteiger charge is 2.65. The summed E-state index contributed by atoms with van der Waals surface area (Å²) in [6.07, 6.45) is 7.80. The molecule has 0 bridgehead atoms. The molecule has 0 saturated carbocycles. The maximum absolute atomic E-state index is 13.8. The van der Waals surface area contributed by atoms with Crippen molar-refractivity contribution in [2.75, 3.05) is 40.6 Å². The van der Waals surface area contributed by atoms with E-state index in [0.29, 0.717) is 51.4 Å². The number of hydrogen-bond donors (Lipinski definition) is 6. The Bertz CT molecular complexity index is 2520. The number of unbranched alkanes of at least 4 members (excludes halogenated alkanes) is 3. The lowest BCUT2D eigenvalue weighted by Crippen LogP contribution is -2.57. The highest BCUT2D eigenvalue weighted by Crippen LogP contribution is 2.58. The van der Waals surface area contributed by atoms with E-state index in [1.54, 1.807) is 14.2 Å². The maximum Gasteiger partial charge on any atom is 0.311 e. The van der Waals surface area contributed by atoms with E-state index in [4.69, 9.17) is 66.3 Å². The van der Waals surface area contributed by atoms with Crippen LogP contribution in [0.25, 0.3) is 0 Å². The van der Waals surface area contributed by atoms with Gasteiger partial charge >= 0.3 is 11.9 Å². The predicted molar refractivity (Wildman–Crippen MR) is 370 cm³/mol. The Morgan fingerprint density at radius 1 is 0.500 bits per heavy atom. The van der Waals surface area contributed by atoms with Crippen LogP contribution >= 0.6 is 0 Å². The van der Waals surface area contributed by atoms with Crippen LogP contribution < -0.4 is 0 Å². The van der Waals surface area contributed by atoms with Crippen molar-refractivity contribution in [2.45, 2.75) is 370 Å². The number of ether oxygens (including phenoxy) is 14. The van der Waals surface area contributed by atoms with Gasteiger partial charge in [-0.2, -0.15) is 0 Å². The maximum atomic E-state index is 13.8. The number of carbonyl (C=O) groups excluding carboxylic acids is 2. The molecular formula is C78H134O22. The van der Waals surface area contributed by atoms with Crippen LogP contribution in [-0.4, -0.2) is 214 Å². The highest BCUT2D eigenvalue weighted by molar-refractivity contribution is 5.73. The number of aliphatic hydroxyl groups is 6. The molecule has 10 fully saturated rings. The normalized spacial score (nSPS) is 48.7. The Morgan fingerprint density at radius 3 is 1.21 bits per heavy atom. The number of carbonyl (C=O) groups is 2. The van der Waals surface area contributed by atoms with Gasteiger partial charge in [-0.25, -0.2) is 0 Å². The first kappa shape index (κ1) is 80.8. The minimum Gasteiger partial charge on any atom is -0.465 e. The quantitative estimate of drug-likeness (QED) is 0.0329. The molecule has 10 rings (SSSR count). The molecule has 10 saturated heterocycles. The number of methoxy groups -OCH3 is 2. The van der Waals surface area contributed by atoms with Crippen molar-refractivity contribution in [1.82, 2.24) is 0 Å². The van der Waals surface area contributed by atoms with Crippen LogP contribution in [0.1, 0.15) is 239 Å². The molecule has 22 nitrogen and oxygen atoms in total. The largest absolute Gasteiger partial charge is 0.465 e. The number of hydrogen-bond acceptors (Lipinski definition) is 22. The summed E-state index contributed by atoms with van der Waals surface area (Å²) in [4.78, 5) is 27.5. The fraction of sp³-hybridized carbons (Fsp3) is 0.974. The van der Waals surface area contributed by atoms with Gasteiger partial charge in [0.25, 0.3) is 0 Å². The molecule has 34 atom stereocenters. The van der Waals surface area contributed by atoms with Gasteiger partial charge < -0.3 is 97.0 Å². The van der Waals surface area contributed by atoms with Crippen molar-refractivity contribution in [3.8, 4) is 0 Å². The molecule has 10 aliphatic rings. The first-order valence-electron chi connectivity index (χ1n) is 39.3. The molecule has 10 aliphatic heterocycles. The summed E-state index contributed by atoms with van der Waals surface area (Å²) in [6, 6.07) is 0. The Balaban J connectivity index is 0.646. The molecule has 0 aliphatic carbocycles. The second-order valence-corrected chi connectivity index (χ2v) is 34.7. The molecular weight excluding hydrogens is 1290 g/mol. The van der Waals surface area contributed by atoms with E-state index < -0.39 is 107 Å². The van der Waals surface area contributed by atoms with E-state index in [1.807, 2.05) is 55.4 Å². The van der Waals surface area contributed by atoms with Gasteiger partial charge in [0.2, 0.25) is 0 Å². The summed E-state index contributed by atoms with van der Waals surface area (Å²) in [5.74, 6) is -8.28. The molecule has 6 N–H and O–H groups in total. The van der Waals surface area contributed by atoms with Crippen molar-refractivity contribution in [2.24, 2.45) is 71.0 Å². The topological polar surface area (TPSA) is 285 Å². The van der Waals surface area contributed by atoms with E-state index in [2.05, 4.69) is 55.4 Å². The summed E-state index contributed by atoms with van der Waals surface area (Å²) >= 11 is 0. The second kappa shape index (κ2) is 31.8. The van der Waals surface area contributed by atoms with Crippen LogP contribution in [-0.2, 0) is 75.9 Å². The van der Waals surface area contributed by atoms with Crippen LogP contribution in [0.3, 0.4) is 0 Å². The lowest BCUT2D eigenvalue weighted by molar-refractivity contribution is -0.336. The fourth-order valence-electron chi connectivity index (χ4n) is 21.0. The lowest BCUT2D eigenvalue weighted by atomic mass is 9.78. The van der Waals surface area contributed by atoms with Crippen molar-refractivity contribution >= 4 is 11.9 Å². The highest BCUT2D eigenvalue weighted by atomic mass is 16.7. The van der Waals surface area contributed by atoms with Crippen LogP contribution in [0.4, 0.5) is 0 Å². The predicted octanol–water partition coefficient (Wildman–Crippen LogP) is 10.0. The van der Waals surface area contributed by atoms with Gasteiger partial charge in [0, 0.05) is 75.4 Å². The monoisotopic (exact) mass is 1420 g/mol. The fourth-order valence-corrected chi connectivity index (χ4v) is 21.0. The van der Waals surface area contributed by atoms with E-state index in [1.165, 1.54) is 0 Å². The number of rotatable bonds is 27. The molecule has 0 aromatic heterocycles. The standard InChI is InChI=1S/C78H134O22/c1-19-73(67-45(5)37-57(91-67)61-43(3)35-47(7)77(85,41-79)97-61)27-25-59(93-73)71(15)29-31-75(99-71)39-55(81)49(9)65(95-75)51(11)63(87-17)53(13)69(83)89-33-23-21-22-24-34-90-70(84)54(14)64(88-18)52(12)66-50(10)56(82)40-76(96-66)32-30-72(16,100-76)60-26-28-74(20-2,94-60)68-46(6)38-58(92-68)62-44(4)36-48(8)78(86,42-80)98-62/h43-68,79-82,85-86H,19-42H2,1-18H3/t43-,44-,45-,46-,47+,48+,49+,50+,51-,52-,53-,54-,55-,56-,57+,58+,59+,60+,61-,62-,63+,64+,65-,66-,67+,68+,71-,72-,73-,74-,75+,76+,77-,78-/m1/s1. The van der Waals surface area contributed by atoms with Crippen LogP contribution in [0, 0.1) is 71.0 Å². The van der Waals surface area contributed by atoms with Gasteiger partial charge in [0.05, 0.1) is 146 Å². The molecule has 0 radical (unpaired) electrons. The molecule has 0 aromatic carbocycles. The Kier molecular flexibility index (Phi) is 25.7. The van der Waals surface area contributed by atoms with Crippen LogP contribution in [0.15, 0.2) is 0 Å². The van der Waals surface area contributed by atoms with Crippen molar-refractivity contribution < 1.29 is 107 Å². The van der Waals surface area contributed by atoms with Gasteiger partial charge in [-0.3, -0.25) is 9.59 Å². The molecule has 10 heterocycles. The van der Waals surface area contributed by atoms with E-state index in [9.17, 15) is 40.2 Å². The van der Waals surface area contributed by atoms with E-state index in [-0.39, 0.29) is 133 Å². The smallest absolute Gasteiger partial charge is 0.311 e. The third-order valence-corrected chi connectivity index (χ3v) is 27.6. The lowest BCUT2D eigenvalue weighted by Gasteiger charge is -2.49. The zero-order chi connectivity index (χ0) is 73.0. The van der Waals surface area contributed by atoms with Crippen molar-refractivity contribution in [1.29, 1.82) is 0 Å². The van der Waals surface area contributed by atoms with Crippen molar-refractivity contribution in [3.63, 3.8) is 0 Å². The molecule has 100 heavy (non-hydrogen) atoms. The Hall–Kier alpha value is -1.78. The van der Waals surface area contributed by atoms with Gasteiger partial charge in [0.15, 0.2) is 23.1 Å². The third-order valence-electron chi connectivity index (χ3n) is 27.6.